The molecule has 1 aromatic rings. The van der Waals surface area contributed by atoms with E-state index in [0.717, 1.165) is 6.54 Å². The van der Waals surface area contributed by atoms with Crippen LogP contribution in [-0.2, 0) is 0 Å². The summed E-state index contributed by atoms with van der Waals surface area (Å²) in [5, 5.41) is 0. The molecule has 0 radical (unpaired) electrons. The SMILES string of the molecule is CC.Cc1ccc(C(C)CN)cc1. The van der Waals surface area contributed by atoms with Gasteiger partial charge in [0.2, 0.25) is 0 Å². The standard InChI is InChI=1S/C10H15N.C2H6/c1-8-3-5-10(6-4-8)9(2)7-11;1-2/h3-6,9H,7,11H2,1-2H3;1-2H3. The monoisotopic (exact) mass is 179 g/mol. The van der Waals surface area contributed by atoms with Gasteiger partial charge in [0, 0.05) is 0 Å². The van der Waals surface area contributed by atoms with Gasteiger partial charge in [-0.1, -0.05) is 50.6 Å². The average molecular weight is 179 g/mol. The summed E-state index contributed by atoms with van der Waals surface area (Å²) in [6, 6.07) is 8.54. The summed E-state index contributed by atoms with van der Waals surface area (Å²) in [7, 11) is 0. The van der Waals surface area contributed by atoms with Crippen molar-refractivity contribution in [2.75, 3.05) is 6.54 Å². The van der Waals surface area contributed by atoms with E-state index < -0.39 is 0 Å². The molecule has 0 heterocycles. The lowest BCUT2D eigenvalue weighted by Crippen LogP contribution is -2.08. The summed E-state index contributed by atoms with van der Waals surface area (Å²) in [5.74, 6) is 0.482. The van der Waals surface area contributed by atoms with Gasteiger partial charge in [0.15, 0.2) is 0 Å². The molecule has 0 saturated carbocycles. The van der Waals surface area contributed by atoms with Crippen LogP contribution in [0.25, 0.3) is 0 Å². The molecule has 0 aliphatic heterocycles. The van der Waals surface area contributed by atoms with Crippen LogP contribution in [0.5, 0.6) is 0 Å². The predicted octanol–water partition coefficient (Wildman–Crippen LogP) is 3.08. The highest BCUT2D eigenvalue weighted by Gasteiger charge is 2.00. The van der Waals surface area contributed by atoms with Crippen molar-refractivity contribution in [3.63, 3.8) is 0 Å². The van der Waals surface area contributed by atoms with Gasteiger partial charge in [0.25, 0.3) is 0 Å². The molecule has 0 spiro atoms. The molecule has 1 aromatic carbocycles. The maximum absolute atomic E-state index is 5.54. The molecule has 2 N–H and O–H groups in total. The molecule has 0 aromatic heterocycles. The molecule has 0 amide bonds. The second kappa shape index (κ2) is 6.67. The van der Waals surface area contributed by atoms with E-state index in [1.54, 1.807) is 0 Å². The first-order chi connectivity index (χ1) is 6.24. The summed E-state index contributed by atoms with van der Waals surface area (Å²) in [6.45, 7) is 8.96. The second-order valence-electron chi connectivity index (χ2n) is 3.05. The highest BCUT2D eigenvalue weighted by molar-refractivity contribution is 5.24. The van der Waals surface area contributed by atoms with Gasteiger partial charge in [-0.05, 0) is 24.9 Å². The van der Waals surface area contributed by atoms with E-state index in [0.29, 0.717) is 5.92 Å². The fourth-order valence-corrected chi connectivity index (χ4v) is 1.03. The van der Waals surface area contributed by atoms with Crippen LogP contribution < -0.4 is 5.73 Å². The molecule has 1 rings (SSSR count). The van der Waals surface area contributed by atoms with Gasteiger partial charge in [-0.2, -0.15) is 0 Å². The van der Waals surface area contributed by atoms with Gasteiger partial charge in [-0.25, -0.2) is 0 Å². The zero-order valence-electron chi connectivity index (χ0n) is 9.17. The molecule has 1 unspecified atom stereocenters. The maximum Gasteiger partial charge on any atom is -0.00109 e. The fraction of sp³-hybridized carbons (Fsp3) is 0.500. The minimum Gasteiger partial charge on any atom is -0.330 e. The highest BCUT2D eigenvalue weighted by Crippen LogP contribution is 2.13. The predicted molar refractivity (Wildman–Crippen MR) is 60.0 cm³/mol. The van der Waals surface area contributed by atoms with Crippen LogP contribution in [0.2, 0.25) is 0 Å². The topological polar surface area (TPSA) is 26.0 Å². The van der Waals surface area contributed by atoms with E-state index in [1.807, 2.05) is 13.8 Å². The summed E-state index contributed by atoms with van der Waals surface area (Å²) >= 11 is 0. The molecular weight excluding hydrogens is 158 g/mol. The summed E-state index contributed by atoms with van der Waals surface area (Å²) in [6.07, 6.45) is 0. The minimum absolute atomic E-state index is 0.482. The Morgan fingerprint density at radius 2 is 1.62 bits per heavy atom. The molecule has 13 heavy (non-hydrogen) atoms. The first-order valence-corrected chi connectivity index (χ1v) is 5.00. The first-order valence-electron chi connectivity index (χ1n) is 5.00. The van der Waals surface area contributed by atoms with Crippen LogP contribution in [-0.4, -0.2) is 6.54 Å². The molecule has 74 valence electrons. The number of hydrogen-bond donors (Lipinski definition) is 1. The summed E-state index contributed by atoms with van der Waals surface area (Å²) in [5.41, 5.74) is 8.18. The third-order valence-electron chi connectivity index (χ3n) is 2.00. The third kappa shape index (κ3) is 4.09. The lowest BCUT2D eigenvalue weighted by Gasteiger charge is -2.07. The van der Waals surface area contributed by atoms with Gasteiger partial charge in [-0.3, -0.25) is 0 Å². The van der Waals surface area contributed by atoms with Crippen LogP contribution in [0.1, 0.15) is 37.8 Å². The van der Waals surface area contributed by atoms with Crippen LogP contribution in [0.3, 0.4) is 0 Å². The maximum atomic E-state index is 5.54. The fourth-order valence-electron chi connectivity index (χ4n) is 1.03. The Balaban J connectivity index is 0.000000671. The number of rotatable bonds is 2. The van der Waals surface area contributed by atoms with Crippen LogP contribution in [0.4, 0.5) is 0 Å². The Bertz CT molecular complexity index is 213. The first kappa shape index (κ1) is 12.2. The van der Waals surface area contributed by atoms with Crippen molar-refractivity contribution >= 4 is 0 Å². The van der Waals surface area contributed by atoms with Crippen molar-refractivity contribution in [2.45, 2.75) is 33.6 Å². The Hall–Kier alpha value is -0.820. The third-order valence-corrected chi connectivity index (χ3v) is 2.00. The van der Waals surface area contributed by atoms with Crippen molar-refractivity contribution in [1.82, 2.24) is 0 Å². The number of benzene rings is 1. The van der Waals surface area contributed by atoms with E-state index >= 15 is 0 Å². The van der Waals surface area contributed by atoms with Crippen molar-refractivity contribution in [3.05, 3.63) is 35.4 Å². The van der Waals surface area contributed by atoms with E-state index in [4.69, 9.17) is 5.73 Å². The van der Waals surface area contributed by atoms with Crippen molar-refractivity contribution < 1.29 is 0 Å². The normalized spacial score (nSPS) is 11.5. The number of hydrogen-bond acceptors (Lipinski definition) is 1. The van der Waals surface area contributed by atoms with E-state index in [2.05, 4.69) is 38.1 Å². The molecule has 0 fully saturated rings. The minimum atomic E-state index is 0.482. The Morgan fingerprint density at radius 3 is 2.00 bits per heavy atom. The van der Waals surface area contributed by atoms with E-state index in [9.17, 15) is 0 Å². The van der Waals surface area contributed by atoms with Crippen molar-refractivity contribution in [1.29, 1.82) is 0 Å². The van der Waals surface area contributed by atoms with Gasteiger partial charge in [0.05, 0.1) is 0 Å². The zero-order chi connectivity index (χ0) is 10.3. The number of aryl methyl sites for hydroxylation is 1. The van der Waals surface area contributed by atoms with Crippen LogP contribution in [0.15, 0.2) is 24.3 Å². The Labute approximate surface area is 82.0 Å². The molecule has 0 bridgehead atoms. The van der Waals surface area contributed by atoms with E-state index in [-0.39, 0.29) is 0 Å². The second-order valence-corrected chi connectivity index (χ2v) is 3.05. The lowest BCUT2D eigenvalue weighted by atomic mass is 10.0. The quantitative estimate of drug-likeness (QED) is 0.741. The molecule has 0 aliphatic rings. The summed E-state index contributed by atoms with van der Waals surface area (Å²) in [4.78, 5) is 0. The molecule has 1 nitrogen and oxygen atoms in total. The average Bonchev–Trinajstić information content (AvgIpc) is 2.21. The molecule has 0 saturated heterocycles. The lowest BCUT2D eigenvalue weighted by molar-refractivity contribution is 0.774. The smallest absolute Gasteiger partial charge is 0.00109 e. The number of nitrogens with two attached hydrogens (primary N) is 1. The van der Waals surface area contributed by atoms with Crippen LogP contribution >= 0.6 is 0 Å². The molecule has 0 aliphatic carbocycles. The molecular formula is C12H21N. The molecule has 1 heteroatoms. The Kier molecular flexibility index (Phi) is 6.25. The zero-order valence-corrected chi connectivity index (χ0v) is 9.17. The Morgan fingerprint density at radius 1 is 1.15 bits per heavy atom. The summed E-state index contributed by atoms with van der Waals surface area (Å²) < 4.78 is 0. The van der Waals surface area contributed by atoms with Gasteiger partial charge in [0.1, 0.15) is 0 Å². The van der Waals surface area contributed by atoms with Gasteiger partial charge in [-0.15, -0.1) is 0 Å². The van der Waals surface area contributed by atoms with E-state index in [1.165, 1.54) is 11.1 Å². The van der Waals surface area contributed by atoms with Crippen molar-refractivity contribution in [3.8, 4) is 0 Å². The van der Waals surface area contributed by atoms with Crippen LogP contribution in [0, 0.1) is 6.92 Å². The van der Waals surface area contributed by atoms with Gasteiger partial charge >= 0.3 is 0 Å². The largest absolute Gasteiger partial charge is 0.330 e. The highest BCUT2D eigenvalue weighted by atomic mass is 14.5. The van der Waals surface area contributed by atoms with Crippen molar-refractivity contribution in [2.24, 2.45) is 5.73 Å². The van der Waals surface area contributed by atoms with Gasteiger partial charge < -0.3 is 5.73 Å². The molecule has 1 atom stereocenters.